The summed E-state index contributed by atoms with van der Waals surface area (Å²) >= 11 is 0. The number of hydrogen-bond acceptors (Lipinski definition) is 7. The van der Waals surface area contributed by atoms with E-state index in [1.165, 1.54) is 6.08 Å². The molecule has 0 spiro atoms. The number of sulfone groups is 1. The number of nitrogens with zero attached hydrogens (tertiary/aromatic N) is 1. The van der Waals surface area contributed by atoms with Gasteiger partial charge in [-0.1, -0.05) is 71.3 Å². The number of fused-ring (bicyclic) bond motifs is 1. The van der Waals surface area contributed by atoms with Gasteiger partial charge in [0.2, 0.25) is 17.6 Å². The molecule has 4 aliphatic carbocycles. The van der Waals surface area contributed by atoms with Crippen LogP contribution in [0.3, 0.4) is 0 Å². The molecule has 0 aromatic carbocycles. The van der Waals surface area contributed by atoms with Gasteiger partial charge in [-0.25, -0.2) is 13.2 Å². The highest BCUT2D eigenvalue weighted by molar-refractivity contribution is 7.92. The van der Waals surface area contributed by atoms with Crippen LogP contribution in [0.15, 0.2) is 12.7 Å². The molecule has 51 heavy (non-hydrogen) atoms. The lowest BCUT2D eigenvalue weighted by Crippen LogP contribution is -2.64. The Morgan fingerprint density at radius 3 is 2.22 bits per heavy atom. The molecular formula is C38H59N5O7S. The standard InChI is InChI=1S/C38H59N5O7S/c1-4-21-39-34(46)32(44)27(18-17-24-15-16-24)40-33(45)31-29-26(37(29,2)3)23-43(31)35(47)30(25-12-7-5-8-13-25)41-36(48)42-38(19-9-6-10-20-38)28-14-11-22-51(28,49)50/h4,24-31H,1,5-23H2,2-3H3,(H,39,46)(H,40,45)(H2,41,42,48)/t26-,27-,28-,29-,30-,31-/m0/s1. The van der Waals surface area contributed by atoms with Crippen LogP contribution in [0.25, 0.3) is 0 Å². The number of nitrogens with one attached hydrogen (secondary N) is 4. The molecule has 4 saturated carbocycles. The first kappa shape index (κ1) is 37.8. The van der Waals surface area contributed by atoms with E-state index in [4.69, 9.17) is 0 Å². The molecule has 0 radical (unpaired) electrons. The van der Waals surface area contributed by atoms with Gasteiger partial charge >= 0.3 is 6.03 Å². The van der Waals surface area contributed by atoms with Crippen LogP contribution in [-0.2, 0) is 29.0 Å². The highest BCUT2D eigenvalue weighted by Crippen LogP contribution is 2.65. The third-order valence-electron chi connectivity index (χ3n) is 13.3. The van der Waals surface area contributed by atoms with Crippen molar-refractivity contribution in [3.05, 3.63) is 12.7 Å². The van der Waals surface area contributed by atoms with E-state index in [0.29, 0.717) is 44.6 Å². The molecule has 6 aliphatic rings. The quantitative estimate of drug-likeness (QED) is 0.157. The first-order valence-corrected chi connectivity index (χ1v) is 21.3. The van der Waals surface area contributed by atoms with Gasteiger partial charge in [-0.3, -0.25) is 19.2 Å². The van der Waals surface area contributed by atoms with E-state index in [-0.39, 0.29) is 41.4 Å². The molecule has 2 heterocycles. The summed E-state index contributed by atoms with van der Waals surface area (Å²) in [6.07, 6.45) is 14.1. The molecule has 2 saturated heterocycles. The summed E-state index contributed by atoms with van der Waals surface area (Å²) < 4.78 is 26.3. The minimum Gasteiger partial charge on any atom is -0.346 e. The van der Waals surface area contributed by atoms with Gasteiger partial charge in [0.1, 0.15) is 12.1 Å². The Morgan fingerprint density at radius 2 is 1.59 bits per heavy atom. The number of urea groups is 1. The van der Waals surface area contributed by atoms with Crippen molar-refractivity contribution in [2.75, 3.05) is 18.8 Å². The average Bonchev–Trinajstić information content (AvgIpc) is 3.91. The maximum absolute atomic E-state index is 14.7. The number of Topliss-reactive ketones (excluding diaryl/α,β-unsaturated/α-hetero) is 1. The van der Waals surface area contributed by atoms with Gasteiger partial charge in [-0.2, -0.15) is 0 Å². The minimum atomic E-state index is -3.35. The van der Waals surface area contributed by atoms with Gasteiger partial charge in [0.05, 0.1) is 22.6 Å². The molecule has 6 rings (SSSR count). The fraction of sp³-hybridized carbons (Fsp3) is 0.816. The second-order valence-corrected chi connectivity index (χ2v) is 19.3. The summed E-state index contributed by atoms with van der Waals surface area (Å²) in [5.74, 6) is -1.75. The number of amides is 5. The van der Waals surface area contributed by atoms with E-state index in [9.17, 15) is 32.4 Å². The number of rotatable bonds is 14. The molecule has 284 valence electrons. The zero-order chi connectivity index (χ0) is 36.6. The number of likely N-dealkylation sites (tertiary alicyclic amines) is 1. The monoisotopic (exact) mass is 729 g/mol. The summed E-state index contributed by atoms with van der Waals surface area (Å²) in [6, 6.07) is -3.24. The van der Waals surface area contributed by atoms with Gasteiger partial charge < -0.3 is 26.2 Å². The van der Waals surface area contributed by atoms with E-state index >= 15 is 0 Å². The Morgan fingerprint density at radius 1 is 0.902 bits per heavy atom. The Balaban J connectivity index is 1.22. The SMILES string of the molecule is C=CCNC(=O)C(=O)[C@H](CCC1CC1)NC(=O)[C@@H]1[C@@H]2[C@H](CN1C(=O)[C@@H](NC(=O)NC1([C@@H]3CCCS3(=O)=O)CCCCC1)C1CCCCC1)C2(C)C. The fourth-order valence-electron chi connectivity index (χ4n) is 10.1. The predicted molar refractivity (Wildman–Crippen MR) is 193 cm³/mol. The molecular weight excluding hydrogens is 671 g/mol. The number of piperidine rings is 1. The molecule has 6 fully saturated rings. The first-order valence-electron chi connectivity index (χ1n) is 19.6. The third-order valence-corrected chi connectivity index (χ3v) is 15.7. The van der Waals surface area contributed by atoms with Crippen LogP contribution in [-0.4, -0.2) is 90.6 Å². The molecule has 2 aliphatic heterocycles. The van der Waals surface area contributed by atoms with Crippen LogP contribution in [0.4, 0.5) is 4.79 Å². The van der Waals surface area contributed by atoms with Crippen LogP contribution >= 0.6 is 0 Å². The highest BCUT2D eigenvalue weighted by Gasteiger charge is 2.70. The predicted octanol–water partition coefficient (Wildman–Crippen LogP) is 3.54. The fourth-order valence-corrected chi connectivity index (χ4v) is 12.5. The minimum absolute atomic E-state index is 0.0904. The lowest BCUT2D eigenvalue weighted by atomic mass is 9.78. The third kappa shape index (κ3) is 8.03. The van der Waals surface area contributed by atoms with Crippen molar-refractivity contribution in [2.24, 2.45) is 29.1 Å². The maximum Gasteiger partial charge on any atom is 0.315 e. The summed E-state index contributed by atoms with van der Waals surface area (Å²) in [6.45, 7) is 8.28. The summed E-state index contributed by atoms with van der Waals surface area (Å²) in [7, 11) is -3.35. The van der Waals surface area contributed by atoms with Crippen molar-refractivity contribution in [2.45, 2.75) is 145 Å². The van der Waals surface area contributed by atoms with Crippen LogP contribution in [0.2, 0.25) is 0 Å². The molecule has 0 aromatic heterocycles. The molecule has 4 N–H and O–H groups in total. The van der Waals surface area contributed by atoms with Gasteiger partial charge in [-0.05, 0) is 80.5 Å². The molecule has 5 amide bonds. The zero-order valence-corrected chi connectivity index (χ0v) is 31.4. The smallest absolute Gasteiger partial charge is 0.315 e. The van der Waals surface area contributed by atoms with Crippen molar-refractivity contribution in [1.82, 2.24) is 26.2 Å². The summed E-state index contributed by atoms with van der Waals surface area (Å²) in [5, 5.41) is 11.0. The molecule has 13 heteroatoms. The number of hydrogen-bond donors (Lipinski definition) is 4. The normalized spacial score (nSPS) is 30.3. The van der Waals surface area contributed by atoms with Gasteiger partial charge in [0.25, 0.3) is 5.91 Å². The van der Waals surface area contributed by atoms with Crippen LogP contribution in [0, 0.1) is 29.1 Å². The van der Waals surface area contributed by atoms with Crippen LogP contribution in [0.5, 0.6) is 0 Å². The number of carbonyl (C=O) groups is 5. The zero-order valence-electron chi connectivity index (χ0n) is 30.6. The highest BCUT2D eigenvalue weighted by atomic mass is 32.2. The average molecular weight is 730 g/mol. The van der Waals surface area contributed by atoms with E-state index in [1.54, 1.807) is 4.90 Å². The van der Waals surface area contributed by atoms with Crippen molar-refractivity contribution in [3.8, 4) is 0 Å². The molecule has 0 unspecified atom stereocenters. The molecule has 0 aromatic rings. The lowest BCUT2D eigenvalue weighted by Gasteiger charge is -2.43. The van der Waals surface area contributed by atoms with Crippen molar-refractivity contribution < 1.29 is 32.4 Å². The molecule has 6 atom stereocenters. The van der Waals surface area contributed by atoms with Crippen LogP contribution < -0.4 is 21.3 Å². The Bertz CT molecular complexity index is 1480. The largest absolute Gasteiger partial charge is 0.346 e. The topological polar surface area (TPSA) is 171 Å². The first-order chi connectivity index (χ1) is 24.3. The van der Waals surface area contributed by atoms with E-state index in [2.05, 4.69) is 41.7 Å². The van der Waals surface area contributed by atoms with Crippen molar-refractivity contribution in [1.29, 1.82) is 0 Å². The lowest BCUT2D eigenvalue weighted by molar-refractivity contribution is -0.144. The molecule has 12 nitrogen and oxygen atoms in total. The Labute approximate surface area is 303 Å². The van der Waals surface area contributed by atoms with Crippen molar-refractivity contribution in [3.63, 3.8) is 0 Å². The van der Waals surface area contributed by atoms with E-state index in [0.717, 1.165) is 70.6 Å². The van der Waals surface area contributed by atoms with Gasteiger partial charge in [-0.15, -0.1) is 6.58 Å². The summed E-state index contributed by atoms with van der Waals surface area (Å²) in [4.78, 5) is 70.6. The number of carbonyl (C=O) groups excluding carboxylic acids is 5. The van der Waals surface area contributed by atoms with Gasteiger partial charge in [0.15, 0.2) is 9.84 Å². The number of ketones is 1. The maximum atomic E-state index is 14.7. The second kappa shape index (κ2) is 15.2. The van der Waals surface area contributed by atoms with E-state index < -0.39 is 62.4 Å². The van der Waals surface area contributed by atoms with Crippen molar-refractivity contribution >= 4 is 39.4 Å². The molecule has 0 bridgehead atoms. The van der Waals surface area contributed by atoms with Gasteiger partial charge in [0, 0.05) is 13.1 Å². The van der Waals surface area contributed by atoms with E-state index in [1.807, 2.05) is 0 Å². The second-order valence-electron chi connectivity index (χ2n) is 17.0. The Hall–Kier alpha value is -2.96. The Kier molecular flexibility index (Phi) is 11.2. The summed E-state index contributed by atoms with van der Waals surface area (Å²) in [5.41, 5.74) is -1.04. The van der Waals surface area contributed by atoms with Crippen LogP contribution in [0.1, 0.15) is 117 Å².